The molecule has 49 heavy (non-hydrogen) atoms. The molecule has 0 amide bonds. The number of hydrogen-bond acceptors (Lipinski definition) is 13. The summed E-state index contributed by atoms with van der Waals surface area (Å²) in [6.07, 6.45) is 5.35. The summed E-state index contributed by atoms with van der Waals surface area (Å²) >= 11 is 0. The Hall–Kier alpha value is -3.76. The van der Waals surface area contributed by atoms with Crippen LogP contribution < -0.4 is 18.9 Å². The lowest BCUT2D eigenvalue weighted by atomic mass is 10.1. The third kappa shape index (κ3) is 10.1. The summed E-state index contributed by atoms with van der Waals surface area (Å²) in [6.45, 7) is 10.4. The lowest BCUT2D eigenvalue weighted by Crippen LogP contribution is -2.44. The second kappa shape index (κ2) is 15.9. The Balaban J connectivity index is 1.10. The summed E-state index contributed by atoms with van der Waals surface area (Å²) in [4.78, 5) is 0. The van der Waals surface area contributed by atoms with Crippen LogP contribution in [0.4, 0.5) is 0 Å². The Kier molecular flexibility index (Phi) is 11.3. The molecule has 3 aromatic rings. The highest BCUT2D eigenvalue weighted by Crippen LogP contribution is 2.33. The number of hydrogen-bond donors (Lipinski definition) is 0. The number of methoxy groups -OCH3 is 1. The van der Waals surface area contributed by atoms with Gasteiger partial charge in [0, 0.05) is 13.2 Å². The Morgan fingerprint density at radius 1 is 0.796 bits per heavy atom. The first-order valence-corrected chi connectivity index (χ1v) is 16.3. The summed E-state index contributed by atoms with van der Waals surface area (Å²) in [5, 5.41) is 8.77. The van der Waals surface area contributed by atoms with Crippen LogP contribution in [-0.4, -0.2) is 99.1 Å². The number of benzene rings is 2. The average Bonchev–Trinajstić information content (AvgIpc) is 3.76. The van der Waals surface area contributed by atoms with Crippen LogP contribution in [0.5, 0.6) is 23.0 Å². The van der Waals surface area contributed by atoms with Gasteiger partial charge >= 0.3 is 0 Å². The first-order chi connectivity index (χ1) is 23.6. The van der Waals surface area contributed by atoms with Crippen molar-refractivity contribution < 1.29 is 52.1 Å². The van der Waals surface area contributed by atoms with Crippen LogP contribution in [0.25, 0.3) is 12.2 Å². The molecule has 3 aliphatic rings. The van der Waals surface area contributed by atoms with Crippen LogP contribution >= 0.6 is 0 Å². The molecule has 14 nitrogen and oxygen atoms in total. The van der Waals surface area contributed by atoms with Gasteiger partial charge in [-0.25, -0.2) is 4.68 Å². The molecule has 0 saturated carbocycles. The zero-order valence-corrected chi connectivity index (χ0v) is 28.6. The number of nitrogens with zero attached hydrogens (tertiary/aromatic N) is 3. The first kappa shape index (κ1) is 35.1. The van der Waals surface area contributed by atoms with Crippen LogP contribution in [0, 0.1) is 0 Å². The number of ether oxygens (including phenoxy) is 11. The van der Waals surface area contributed by atoms with Crippen molar-refractivity contribution in [2.24, 2.45) is 0 Å². The van der Waals surface area contributed by atoms with Crippen LogP contribution in [0.2, 0.25) is 0 Å². The van der Waals surface area contributed by atoms with Crippen molar-refractivity contribution in [3.8, 4) is 23.0 Å². The lowest BCUT2D eigenvalue weighted by molar-refractivity contribution is -0.284. The maximum Gasteiger partial charge on any atom is 0.231 e. The Morgan fingerprint density at radius 2 is 1.41 bits per heavy atom. The summed E-state index contributed by atoms with van der Waals surface area (Å²) in [7, 11) is 1.57. The molecule has 0 N–H and O–H groups in total. The van der Waals surface area contributed by atoms with E-state index in [0.29, 0.717) is 56.8 Å². The summed E-state index contributed by atoms with van der Waals surface area (Å²) in [6, 6.07) is 11.1. The fourth-order valence-corrected chi connectivity index (χ4v) is 5.15. The molecule has 266 valence electrons. The summed E-state index contributed by atoms with van der Waals surface area (Å²) in [5.74, 6) is 1.40. The van der Waals surface area contributed by atoms with E-state index >= 15 is 0 Å². The highest BCUT2D eigenvalue weighted by molar-refractivity contribution is 5.72. The van der Waals surface area contributed by atoms with Gasteiger partial charge in [-0.05, 0) is 63.1 Å². The fourth-order valence-electron chi connectivity index (χ4n) is 5.15. The van der Waals surface area contributed by atoms with E-state index in [4.69, 9.17) is 52.1 Å². The highest BCUT2D eigenvalue weighted by Gasteiger charge is 2.31. The lowest BCUT2D eigenvalue weighted by Gasteiger charge is -2.36. The van der Waals surface area contributed by atoms with E-state index in [9.17, 15) is 0 Å². The minimum atomic E-state index is -0.627. The van der Waals surface area contributed by atoms with E-state index in [-0.39, 0.29) is 38.4 Å². The van der Waals surface area contributed by atoms with Gasteiger partial charge in [0.2, 0.25) is 6.79 Å². The topological polar surface area (TPSA) is 132 Å². The molecule has 2 fully saturated rings. The van der Waals surface area contributed by atoms with Crippen molar-refractivity contribution >= 4 is 12.2 Å². The molecule has 0 unspecified atom stereocenters. The zero-order chi connectivity index (χ0) is 34.3. The van der Waals surface area contributed by atoms with Gasteiger partial charge in [0.1, 0.15) is 42.0 Å². The van der Waals surface area contributed by atoms with Gasteiger partial charge in [0.05, 0.1) is 45.8 Å². The van der Waals surface area contributed by atoms with Gasteiger partial charge in [-0.15, -0.1) is 5.10 Å². The smallest absolute Gasteiger partial charge is 0.231 e. The van der Waals surface area contributed by atoms with Gasteiger partial charge in [0.15, 0.2) is 29.9 Å². The molecule has 3 aliphatic heterocycles. The van der Waals surface area contributed by atoms with E-state index in [2.05, 4.69) is 10.3 Å². The number of aromatic nitrogens is 3. The van der Waals surface area contributed by atoms with E-state index in [1.165, 1.54) is 0 Å². The first-order valence-electron chi connectivity index (χ1n) is 16.3. The second-order valence-electron chi connectivity index (χ2n) is 12.8. The third-order valence-corrected chi connectivity index (χ3v) is 7.95. The molecule has 0 spiro atoms. The van der Waals surface area contributed by atoms with Crippen molar-refractivity contribution in [3.63, 3.8) is 0 Å². The molecule has 1 aromatic heterocycles. The van der Waals surface area contributed by atoms with Crippen LogP contribution in [0.1, 0.15) is 50.6 Å². The molecular weight excluding hydrogens is 638 g/mol. The SMILES string of the molecule is COCOc1cc(/C=C/c2ccc3c(c2)OCO3)cc(OCc2cn(C(COC3COC(C)(C)OC3)COC3COC(C)(C)OC3)nn2)c1. The van der Waals surface area contributed by atoms with Gasteiger partial charge in [-0.2, -0.15) is 0 Å². The zero-order valence-electron chi connectivity index (χ0n) is 28.6. The second-order valence-corrected chi connectivity index (χ2v) is 12.8. The van der Waals surface area contributed by atoms with Gasteiger partial charge < -0.3 is 52.1 Å². The van der Waals surface area contributed by atoms with Crippen molar-refractivity contribution in [2.45, 2.75) is 64.1 Å². The fraction of sp³-hybridized carbons (Fsp3) is 0.543. The van der Waals surface area contributed by atoms with E-state index in [0.717, 1.165) is 22.6 Å². The van der Waals surface area contributed by atoms with E-state index < -0.39 is 11.6 Å². The molecule has 14 heteroatoms. The molecule has 2 aromatic carbocycles. The van der Waals surface area contributed by atoms with Gasteiger partial charge in [-0.3, -0.25) is 0 Å². The average molecular weight is 684 g/mol. The Labute approximate surface area is 286 Å². The van der Waals surface area contributed by atoms with Crippen molar-refractivity contribution in [1.29, 1.82) is 0 Å². The van der Waals surface area contributed by atoms with Crippen molar-refractivity contribution in [1.82, 2.24) is 15.0 Å². The molecule has 0 radical (unpaired) electrons. The quantitative estimate of drug-likeness (QED) is 0.163. The summed E-state index contributed by atoms with van der Waals surface area (Å²) in [5.41, 5.74) is 2.47. The van der Waals surface area contributed by atoms with Crippen LogP contribution in [-0.2, 0) is 39.8 Å². The minimum absolute atomic E-state index is 0.0996. The highest BCUT2D eigenvalue weighted by atomic mass is 16.7. The Bertz CT molecular complexity index is 1510. The van der Waals surface area contributed by atoms with Gasteiger partial charge in [0.25, 0.3) is 0 Å². The molecule has 6 rings (SSSR count). The maximum absolute atomic E-state index is 6.18. The van der Waals surface area contributed by atoms with Crippen molar-refractivity contribution in [2.75, 3.05) is 60.3 Å². The van der Waals surface area contributed by atoms with E-state index in [1.54, 1.807) is 17.9 Å². The molecule has 0 bridgehead atoms. The van der Waals surface area contributed by atoms with Crippen molar-refractivity contribution in [3.05, 3.63) is 59.4 Å². The third-order valence-electron chi connectivity index (χ3n) is 7.95. The molecule has 2 saturated heterocycles. The maximum atomic E-state index is 6.18. The van der Waals surface area contributed by atoms with Crippen LogP contribution in [0.15, 0.2) is 42.6 Å². The van der Waals surface area contributed by atoms with Gasteiger partial charge in [-0.1, -0.05) is 23.4 Å². The molecule has 0 atom stereocenters. The number of rotatable bonds is 15. The molecule has 4 heterocycles. The van der Waals surface area contributed by atoms with E-state index in [1.807, 2.05) is 76.4 Å². The monoisotopic (exact) mass is 683 g/mol. The predicted octanol–water partition coefficient (Wildman–Crippen LogP) is 4.62. The largest absolute Gasteiger partial charge is 0.487 e. The number of fused-ring (bicyclic) bond motifs is 1. The van der Waals surface area contributed by atoms with Crippen LogP contribution in [0.3, 0.4) is 0 Å². The molecular formula is C35H45N3O11. The summed E-state index contributed by atoms with van der Waals surface area (Å²) < 4.78 is 65.1. The molecule has 0 aliphatic carbocycles. The minimum Gasteiger partial charge on any atom is -0.487 e. The standard InChI is InChI=1S/C35H45N3O11/c1-34(2)46-18-30(19-47-34)41-16-27(17-42-31-20-48-35(3,4)49-21-31)38-14-26(36-37-38)15-40-28-10-25(11-29(13-28)43-22-39-5)7-6-24-8-9-32-33(12-24)45-23-44-32/h6-14,27,30-31H,15-23H2,1-5H3/b7-6+. The predicted molar refractivity (Wildman–Crippen MR) is 175 cm³/mol. The Morgan fingerprint density at radius 3 is 2.06 bits per heavy atom. The normalized spacial score (nSPS) is 19.1.